The number of hydrogen-bond acceptors (Lipinski definition) is 4. The first-order chi connectivity index (χ1) is 7.31. The van der Waals surface area contributed by atoms with Gasteiger partial charge >= 0.3 is 0 Å². The predicted molar refractivity (Wildman–Crippen MR) is 58.8 cm³/mol. The van der Waals surface area contributed by atoms with Gasteiger partial charge in [-0.15, -0.1) is 10.2 Å². The molecule has 0 spiro atoms. The zero-order chi connectivity index (χ0) is 10.7. The fraction of sp³-hybridized carbons (Fsp3) is 0.636. The van der Waals surface area contributed by atoms with E-state index in [4.69, 9.17) is 10.5 Å². The maximum atomic E-state index is 5.58. The number of ether oxygens (including phenoxy) is 1. The van der Waals surface area contributed by atoms with E-state index in [9.17, 15) is 0 Å². The topological polar surface area (TPSA) is 61.0 Å². The third kappa shape index (κ3) is 2.19. The Balaban J connectivity index is 2.25. The highest BCUT2D eigenvalue weighted by molar-refractivity contribution is 5.39. The number of rotatable bonds is 2. The van der Waals surface area contributed by atoms with E-state index >= 15 is 0 Å². The van der Waals surface area contributed by atoms with Crippen LogP contribution in [0.15, 0.2) is 6.07 Å². The van der Waals surface area contributed by atoms with Crippen molar-refractivity contribution in [2.24, 2.45) is 0 Å². The van der Waals surface area contributed by atoms with Crippen LogP contribution < -0.4 is 10.5 Å². The quantitative estimate of drug-likeness (QED) is 0.806. The molecular formula is C11H17N3O. The number of nitrogens with zero attached hydrogens (tertiary/aromatic N) is 2. The molecule has 0 aliphatic heterocycles. The van der Waals surface area contributed by atoms with Gasteiger partial charge in [0.15, 0.2) is 0 Å². The molecule has 1 aliphatic carbocycles. The normalized spacial score (nSPS) is 17.7. The minimum atomic E-state index is 0.423. The van der Waals surface area contributed by atoms with Gasteiger partial charge in [0.2, 0.25) is 0 Å². The SMILES string of the molecule is COc1cc(N)nnc1C1CCCCC1. The molecule has 4 heteroatoms. The van der Waals surface area contributed by atoms with Gasteiger partial charge in [-0.3, -0.25) is 0 Å². The van der Waals surface area contributed by atoms with Gasteiger partial charge in [0.05, 0.1) is 7.11 Å². The minimum absolute atomic E-state index is 0.423. The average Bonchev–Trinajstić information content (AvgIpc) is 2.30. The Kier molecular flexibility index (Phi) is 3.04. The molecule has 4 nitrogen and oxygen atoms in total. The van der Waals surface area contributed by atoms with Gasteiger partial charge in [0.25, 0.3) is 0 Å². The molecule has 1 aromatic rings. The molecule has 0 saturated heterocycles. The summed E-state index contributed by atoms with van der Waals surface area (Å²) in [6.45, 7) is 0. The van der Waals surface area contributed by atoms with Crippen LogP contribution in [-0.4, -0.2) is 17.3 Å². The summed E-state index contributed by atoms with van der Waals surface area (Å²) in [7, 11) is 1.66. The van der Waals surface area contributed by atoms with E-state index < -0.39 is 0 Å². The van der Waals surface area contributed by atoms with Gasteiger partial charge in [-0.05, 0) is 12.8 Å². The Labute approximate surface area is 89.8 Å². The Morgan fingerprint density at radius 1 is 1.27 bits per heavy atom. The molecule has 82 valence electrons. The highest BCUT2D eigenvalue weighted by Gasteiger charge is 2.21. The molecule has 0 unspecified atom stereocenters. The molecule has 0 bridgehead atoms. The summed E-state index contributed by atoms with van der Waals surface area (Å²) in [4.78, 5) is 0. The van der Waals surface area contributed by atoms with Crippen molar-refractivity contribution in [1.29, 1.82) is 0 Å². The van der Waals surface area contributed by atoms with Gasteiger partial charge < -0.3 is 10.5 Å². The lowest BCUT2D eigenvalue weighted by molar-refractivity contribution is 0.378. The third-order valence-electron chi connectivity index (χ3n) is 3.02. The maximum Gasteiger partial charge on any atom is 0.149 e. The molecule has 15 heavy (non-hydrogen) atoms. The Bertz CT molecular complexity index is 335. The summed E-state index contributed by atoms with van der Waals surface area (Å²) >= 11 is 0. The van der Waals surface area contributed by atoms with Crippen LogP contribution >= 0.6 is 0 Å². The number of nitrogens with two attached hydrogens (primary N) is 1. The molecule has 0 atom stereocenters. The van der Waals surface area contributed by atoms with E-state index in [0.29, 0.717) is 11.7 Å². The van der Waals surface area contributed by atoms with E-state index in [2.05, 4.69) is 10.2 Å². The Hall–Kier alpha value is -1.32. The monoisotopic (exact) mass is 207 g/mol. The highest BCUT2D eigenvalue weighted by Crippen LogP contribution is 2.35. The predicted octanol–water partition coefficient (Wildman–Crippen LogP) is 2.12. The fourth-order valence-electron chi connectivity index (χ4n) is 2.22. The van der Waals surface area contributed by atoms with Gasteiger partial charge in [0, 0.05) is 12.0 Å². The van der Waals surface area contributed by atoms with Crippen LogP contribution in [0.5, 0.6) is 5.75 Å². The van der Waals surface area contributed by atoms with Gasteiger partial charge in [0.1, 0.15) is 17.3 Å². The molecule has 0 radical (unpaired) electrons. The molecule has 1 heterocycles. The van der Waals surface area contributed by atoms with Crippen molar-refractivity contribution in [3.63, 3.8) is 0 Å². The van der Waals surface area contributed by atoms with Crippen LogP contribution in [0, 0.1) is 0 Å². The lowest BCUT2D eigenvalue weighted by Crippen LogP contribution is -2.10. The molecular weight excluding hydrogens is 190 g/mol. The summed E-state index contributed by atoms with van der Waals surface area (Å²) in [5.74, 6) is 1.71. The molecule has 1 fully saturated rings. The molecule has 1 aliphatic rings. The van der Waals surface area contributed by atoms with Gasteiger partial charge in [-0.1, -0.05) is 19.3 Å². The van der Waals surface area contributed by atoms with E-state index in [1.807, 2.05) is 0 Å². The fourth-order valence-corrected chi connectivity index (χ4v) is 2.22. The van der Waals surface area contributed by atoms with E-state index in [0.717, 1.165) is 11.4 Å². The summed E-state index contributed by atoms with van der Waals surface area (Å²) in [5.41, 5.74) is 6.56. The maximum absolute atomic E-state index is 5.58. The first-order valence-corrected chi connectivity index (χ1v) is 5.48. The first kappa shape index (κ1) is 10.2. The molecule has 0 amide bonds. The first-order valence-electron chi connectivity index (χ1n) is 5.48. The third-order valence-corrected chi connectivity index (χ3v) is 3.02. The second-order valence-corrected chi connectivity index (χ2v) is 4.06. The summed E-state index contributed by atoms with van der Waals surface area (Å²) < 4.78 is 5.30. The van der Waals surface area contributed by atoms with Crippen LogP contribution in [0.1, 0.15) is 43.7 Å². The molecule has 2 N–H and O–H groups in total. The van der Waals surface area contributed by atoms with E-state index in [-0.39, 0.29) is 0 Å². The molecule has 2 rings (SSSR count). The standard InChI is InChI=1S/C11H17N3O/c1-15-9-7-10(12)13-14-11(9)8-5-3-2-4-6-8/h7-8H,2-6H2,1H3,(H2,12,13). The van der Waals surface area contributed by atoms with E-state index in [1.165, 1.54) is 32.1 Å². The average molecular weight is 207 g/mol. The number of hydrogen-bond donors (Lipinski definition) is 1. The largest absolute Gasteiger partial charge is 0.495 e. The number of anilines is 1. The Morgan fingerprint density at radius 2 is 2.00 bits per heavy atom. The van der Waals surface area contributed by atoms with Crippen molar-refractivity contribution in [2.75, 3.05) is 12.8 Å². The van der Waals surface area contributed by atoms with Crippen LogP contribution in [0.3, 0.4) is 0 Å². The van der Waals surface area contributed by atoms with Crippen molar-refractivity contribution >= 4 is 5.82 Å². The lowest BCUT2D eigenvalue weighted by Gasteiger charge is -2.22. The van der Waals surface area contributed by atoms with E-state index in [1.54, 1.807) is 13.2 Å². The number of nitrogen functional groups attached to an aromatic ring is 1. The minimum Gasteiger partial charge on any atom is -0.495 e. The van der Waals surface area contributed by atoms with Crippen LogP contribution in [0.2, 0.25) is 0 Å². The van der Waals surface area contributed by atoms with Crippen molar-refractivity contribution in [2.45, 2.75) is 38.0 Å². The zero-order valence-corrected chi connectivity index (χ0v) is 9.07. The van der Waals surface area contributed by atoms with Crippen molar-refractivity contribution < 1.29 is 4.74 Å². The van der Waals surface area contributed by atoms with Crippen LogP contribution in [-0.2, 0) is 0 Å². The molecule has 1 saturated carbocycles. The molecule has 1 aromatic heterocycles. The lowest BCUT2D eigenvalue weighted by atomic mass is 9.86. The smallest absolute Gasteiger partial charge is 0.149 e. The molecule has 0 aromatic carbocycles. The second-order valence-electron chi connectivity index (χ2n) is 4.06. The Morgan fingerprint density at radius 3 is 2.67 bits per heavy atom. The zero-order valence-electron chi connectivity index (χ0n) is 9.07. The van der Waals surface area contributed by atoms with Crippen molar-refractivity contribution in [3.8, 4) is 5.75 Å². The summed E-state index contributed by atoms with van der Waals surface area (Å²) in [6.07, 6.45) is 6.27. The number of aromatic nitrogens is 2. The van der Waals surface area contributed by atoms with Crippen molar-refractivity contribution in [1.82, 2.24) is 10.2 Å². The second kappa shape index (κ2) is 4.47. The summed E-state index contributed by atoms with van der Waals surface area (Å²) in [5, 5.41) is 8.08. The van der Waals surface area contributed by atoms with Gasteiger partial charge in [-0.25, -0.2) is 0 Å². The van der Waals surface area contributed by atoms with Gasteiger partial charge in [-0.2, -0.15) is 0 Å². The van der Waals surface area contributed by atoms with Crippen LogP contribution in [0.4, 0.5) is 5.82 Å². The van der Waals surface area contributed by atoms with Crippen LogP contribution in [0.25, 0.3) is 0 Å². The highest BCUT2D eigenvalue weighted by atomic mass is 16.5. The summed E-state index contributed by atoms with van der Waals surface area (Å²) in [6, 6.07) is 1.76. The number of methoxy groups -OCH3 is 1. The van der Waals surface area contributed by atoms with Crippen molar-refractivity contribution in [3.05, 3.63) is 11.8 Å².